The van der Waals surface area contributed by atoms with Crippen LogP contribution in [-0.4, -0.2) is 15.0 Å². The Labute approximate surface area is 288 Å². The number of aromatic nitrogens is 3. The van der Waals surface area contributed by atoms with Gasteiger partial charge in [-0.2, -0.15) is 0 Å². The Morgan fingerprint density at radius 1 is 0.306 bits per heavy atom. The van der Waals surface area contributed by atoms with E-state index in [0.29, 0.717) is 17.5 Å². The van der Waals surface area contributed by atoms with Gasteiger partial charge in [0.25, 0.3) is 0 Å². The highest BCUT2D eigenvalue weighted by molar-refractivity contribution is 7.26. The molecule has 0 amide bonds. The summed E-state index contributed by atoms with van der Waals surface area (Å²) in [5.41, 5.74) is 9.70. The molecule has 0 unspecified atom stereocenters. The number of hydrogen-bond acceptors (Lipinski definition) is 4. The molecule has 0 saturated heterocycles. The van der Waals surface area contributed by atoms with Gasteiger partial charge >= 0.3 is 0 Å². The van der Waals surface area contributed by atoms with Crippen LogP contribution in [0.3, 0.4) is 0 Å². The van der Waals surface area contributed by atoms with Crippen molar-refractivity contribution in [3.8, 4) is 67.5 Å². The third kappa shape index (κ3) is 5.58. The Balaban J connectivity index is 1.31. The zero-order valence-corrected chi connectivity index (χ0v) is 27.3. The highest BCUT2D eigenvalue weighted by Crippen LogP contribution is 2.42. The topological polar surface area (TPSA) is 38.7 Å². The molecule has 9 rings (SSSR count). The SMILES string of the molecule is c1ccc(-c2cccc(-c3nc(-c4cccc(-c5ccccc5)c4)nc(-c4cc(-c5ccccc5)cc5sc6ccccc6c45)n3)c2)cc1. The zero-order chi connectivity index (χ0) is 32.6. The van der Waals surface area contributed by atoms with Gasteiger partial charge in [0, 0.05) is 36.9 Å². The molecule has 0 aliphatic rings. The first-order valence-corrected chi connectivity index (χ1v) is 17.2. The first kappa shape index (κ1) is 29.0. The van der Waals surface area contributed by atoms with Crippen molar-refractivity contribution in [1.29, 1.82) is 0 Å². The predicted molar refractivity (Wildman–Crippen MR) is 205 cm³/mol. The van der Waals surface area contributed by atoms with Crippen LogP contribution in [0.1, 0.15) is 0 Å². The van der Waals surface area contributed by atoms with E-state index in [4.69, 9.17) is 15.0 Å². The predicted octanol–water partition coefficient (Wildman–Crippen LogP) is 12.2. The monoisotopic (exact) mass is 643 g/mol. The van der Waals surface area contributed by atoms with E-state index in [9.17, 15) is 0 Å². The van der Waals surface area contributed by atoms with Crippen LogP contribution in [0.4, 0.5) is 0 Å². The third-order valence-corrected chi connectivity index (χ3v) is 10.0. The van der Waals surface area contributed by atoms with Gasteiger partial charge in [0.2, 0.25) is 0 Å². The largest absolute Gasteiger partial charge is 0.208 e. The van der Waals surface area contributed by atoms with Gasteiger partial charge in [0.1, 0.15) is 0 Å². The quantitative estimate of drug-likeness (QED) is 0.181. The second-order valence-electron chi connectivity index (χ2n) is 12.1. The van der Waals surface area contributed by atoms with E-state index in [-0.39, 0.29) is 0 Å². The van der Waals surface area contributed by atoms with E-state index in [1.165, 1.54) is 20.2 Å². The van der Waals surface area contributed by atoms with Crippen LogP contribution in [0.5, 0.6) is 0 Å². The minimum absolute atomic E-state index is 0.640. The smallest absolute Gasteiger partial charge is 0.164 e. The lowest BCUT2D eigenvalue weighted by Gasteiger charge is -2.12. The Morgan fingerprint density at radius 3 is 1.33 bits per heavy atom. The van der Waals surface area contributed by atoms with Gasteiger partial charge in [-0.15, -0.1) is 11.3 Å². The van der Waals surface area contributed by atoms with Crippen molar-refractivity contribution < 1.29 is 0 Å². The van der Waals surface area contributed by atoms with Gasteiger partial charge in [0.15, 0.2) is 17.5 Å². The van der Waals surface area contributed by atoms with Crippen molar-refractivity contribution >= 4 is 31.5 Å². The Bertz CT molecular complexity index is 2490. The Kier molecular flexibility index (Phi) is 7.34. The Morgan fingerprint density at radius 2 is 0.755 bits per heavy atom. The number of benzene rings is 7. The van der Waals surface area contributed by atoms with Crippen molar-refractivity contribution in [3.63, 3.8) is 0 Å². The molecule has 0 bridgehead atoms. The van der Waals surface area contributed by atoms with Crippen molar-refractivity contribution in [2.24, 2.45) is 0 Å². The molecule has 4 heteroatoms. The van der Waals surface area contributed by atoms with Crippen LogP contribution >= 0.6 is 11.3 Å². The number of rotatable bonds is 6. The average molecular weight is 644 g/mol. The maximum atomic E-state index is 5.27. The lowest BCUT2D eigenvalue weighted by molar-refractivity contribution is 1.08. The van der Waals surface area contributed by atoms with E-state index in [2.05, 4.69) is 164 Å². The molecule has 230 valence electrons. The fraction of sp³-hybridized carbons (Fsp3) is 0. The molecule has 0 aliphatic carbocycles. The summed E-state index contributed by atoms with van der Waals surface area (Å²) in [6.07, 6.45) is 0. The molecule has 0 N–H and O–H groups in total. The minimum Gasteiger partial charge on any atom is -0.208 e. The first-order chi connectivity index (χ1) is 24.3. The van der Waals surface area contributed by atoms with Crippen LogP contribution < -0.4 is 0 Å². The fourth-order valence-corrected chi connectivity index (χ4v) is 7.69. The molecule has 49 heavy (non-hydrogen) atoms. The number of thiophene rings is 1. The molecule has 0 fully saturated rings. The van der Waals surface area contributed by atoms with Crippen molar-refractivity contribution in [1.82, 2.24) is 15.0 Å². The average Bonchev–Trinajstić information content (AvgIpc) is 3.57. The molecular weight excluding hydrogens is 615 g/mol. The van der Waals surface area contributed by atoms with Crippen LogP contribution in [0.15, 0.2) is 176 Å². The van der Waals surface area contributed by atoms with Crippen molar-refractivity contribution in [3.05, 3.63) is 176 Å². The molecule has 0 spiro atoms. The van der Waals surface area contributed by atoms with Gasteiger partial charge < -0.3 is 0 Å². The van der Waals surface area contributed by atoms with E-state index < -0.39 is 0 Å². The molecule has 2 heterocycles. The normalized spacial score (nSPS) is 11.3. The summed E-state index contributed by atoms with van der Waals surface area (Å²) < 4.78 is 2.45. The van der Waals surface area contributed by atoms with Crippen LogP contribution in [-0.2, 0) is 0 Å². The summed E-state index contributed by atoms with van der Waals surface area (Å²) in [6, 6.07) is 61.5. The molecule has 0 radical (unpaired) electrons. The molecule has 7 aromatic carbocycles. The fourth-order valence-electron chi connectivity index (χ4n) is 6.52. The summed E-state index contributed by atoms with van der Waals surface area (Å²) in [6.45, 7) is 0. The highest BCUT2D eigenvalue weighted by Gasteiger charge is 2.19. The third-order valence-electron chi connectivity index (χ3n) is 8.92. The zero-order valence-electron chi connectivity index (χ0n) is 26.5. The number of hydrogen-bond donors (Lipinski definition) is 0. The summed E-state index contributed by atoms with van der Waals surface area (Å²) in [7, 11) is 0. The maximum absolute atomic E-state index is 5.27. The second kappa shape index (κ2) is 12.4. The summed E-state index contributed by atoms with van der Waals surface area (Å²) in [5.74, 6) is 1.93. The van der Waals surface area contributed by atoms with Gasteiger partial charge in [-0.3, -0.25) is 0 Å². The standard InChI is InChI=1S/C45H29N3S/c1-4-14-30(15-5-1)33-20-12-22-35(26-33)43-46-44(36-23-13-21-34(27-36)31-16-6-2-7-17-31)48-45(47-43)39-28-37(32-18-8-3-9-19-32)29-41-42(39)38-24-10-11-25-40(38)49-41/h1-29H. The van der Waals surface area contributed by atoms with Gasteiger partial charge in [0.05, 0.1) is 0 Å². The van der Waals surface area contributed by atoms with Crippen molar-refractivity contribution in [2.45, 2.75) is 0 Å². The minimum atomic E-state index is 0.640. The van der Waals surface area contributed by atoms with Gasteiger partial charge in [-0.25, -0.2) is 15.0 Å². The molecule has 2 aromatic heterocycles. The van der Waals surface area contributed by atoms with E-state index in [1.807, 2.05) is 23.5 Å². The number of nitrogens with zero attached hydrogens (tertiary/aromatic N) is 3. The molecular formula is C45H29N3S. The summed E-state index contributed by atoms with van der Waals surface area (Å²) in [5, 5.41) is 2.37. The molecule has 9 aromatic rings. The van der Waals surface area contributed by atoms with Crippen LogP contribution in [0.25, 0.3) is 87.7 Å². The highest BCUT2D eigenvalue weighted by atomic mass is 32.1. The maximum Gasteiger partial charge on any atom is 0.164 e. The van der Waals surface area contributed by atoms with Crippen LogP contribution in [0.2, 0.25) is 0 Å². The number of fused-ring (bicyclic) bond motifs is 3. The molecule has 0 atom stereocenters. The molecule has 0 aliphatic heterocycles. The van der Waals surface area contributed by atoms with Gasteiger partial charge in [-0.05, 0) is 63.7 Å². The van der Waals surface area contributed by atoms with E-state index in [0.717, 1.165) is 50.1 Å². The lowest BCUT2D eigenvalue weighted by atomic mass is 9.98. The van der Waals surface area contributed by atoms with E-state index >= 15 is 0 Å². The Hall–Kier alpha value is -6.23. The van der Waals surface area contributed by atoms with Gasteiger partial charge in [-0.1, -0.05) is 146 Å². The van der Waals surface area contributed by atoms with Crippen LogP contribution in [0, 0.1) is 0 Å². The van der Waals surface area contributed by atoms with E-state index in [1.54, 1.807) is 0 Å². The molecule has 0 saturated carbocycles. The summed E-state index contributed by atoms with van der Waals surface area (Å²) in [4.78, 5) is 15.7. The first-order valence-electron chi connectivity index (χ1n) is 16.4. The molecule has 3 nitrogen and oxygen atoms in total. The second-order valence-corrected chi connectivity index (χ2v) is 13.1. The van der Waals surface area contributed by atoms with Crippen molar-refractivity contribution in [2.75, 3.05) is 0 Å². The summed E-state index contributed by atoms with van der Waals surface area (Å²) >= 11 is 1.81. The lowest BCUT2D eigenvalue weighted by Crippen LogP contribution is -2.01.